The molecule has 1 heteroatoms. The number of allylic oxidation sites excluding steroid dienone is 1. The van der Waals surface area contributed by atoms with Crippen molar-refractivity contribution < 1.29 is 0 Å². The highest BCUT2D eigenvalue weighted by Gasteiger charge is 2.01. The first-order valence-corrected chi connectivity index (χ1v) is 6.58. The van der Waals surface area contributed by atoms with Gasteiger partial charge in [-0.25, -0.2) is 0 Å². The topological polar surface area (TPSA) is 12.4 Å². The summed E-state index contributed by atoms with van der Waals surface area (Å²) in [5, 5.41) is 0. The summed E-state index contributed by atoms with van der Waals surface area (Å²) in [7, 11) is 0. The highest BCUT2D eigenvalue weighted by molar-refractivity contribution is 5.96. The zero-order chi connectivity index (χ0) is 13.5. The van der Waals surface area contributed by atoms with Crippen molar-refractivity contribution in [3.05, 3.63) is 77.9 Å². The molecule has 96 valence electrons. The second kappa shape index (κ2) is 6.69. The van der Waals surface area contributed by atoms with Gasteiger partial charge in [-0.3, -0.25) is 4.99 Å². The Labute approximate surface area is 115 Å². The number of hydrogen-bond donors (Lipinski definition) is 0. The van der Waals surface area contributed by atoms with Gasteiger partial charge in [-0.05, 0) is 31.1 Å². The second-order valence-corrected chi connectivity index (χ2v) is 4.60. The highest BCUT2D eigenvalue weighted by atomic mass is 14.8. The van der Waals surface area contributed by atoms with Crippen LogP contribution in [0.25, 0.3) is 6.08 Å². The molecule has 0 heterocycles. The minimum Gasteiger partial charge on any atom is -0.282 e. The zero-order valence-electron chi connectivity index (χ0n) is 11.5. The second-order valence-electron chi connectivity index (χ2n) is 4.60. The predicted molar refractivity (Wildman–Crippen MR) is 83.4 cm³/mol. The molecule has 0 N–H and O–H groups in total. The average Bonchev–Trinajstić information content (AvgIpc) is 2.47. The molecule has 0 unspecified atom stereocenters. The van der Waals surface area contributed by atoms with Crippen LogP contribution in [0.1, 0.15) is 31.0 Å². The summed E-state index contributed by atoms with van der Waals surface area (Å²) < 4.78 is 0. The Kier molecular flexibility index (Phi) is 4.68. The van der Waals surface area contributed by atoms with Crippen LogP contribution in [0.15, 0.2) is 71.7 Å². The Hall–Kier alpha value is -2.15. The van der Waals surface area contributed by atoms with Crippen molar-refractivity contribution in [2.75, 3.05) is 0 Å². The van der Waals surface area contributed by atoms with E-state index in [2.05, 4.69) is 55.5 Å². The van der Waals surface area contributed by atoms with E-state index in [1.807, 2.05) is 31.2 Å². The third-order valence-corrected chi connectivity index (χ3v) is 3.00. The van der Waals surface area contributed by atoms with Gasteiger partial charge in [-0.15, -0.1) is 0 Å². The molecule has 1 atom stereocenters. The molecule has 0 bridgehead atoms. The van der Waals surface area contributed by atoms with E-state index in [1.54, 1.807) is 0 Å². The summed E-state index contributed by atoms with van der Waals surface area (Å²) in [6, 6.07) is 20.8. The first-order chi connectivity index (χ1) is 9.25. The average molecular weight is 249 g/mol. The van der Waals surface area contributed by atoms with Crippen LogP contribution in [0.2, 0.25) is 0 Å². The van der Waals surface area contributed by atoms with E-state index in [9.17, 15) is 0 Å². The first-order valence-electron chi connectivity index (χ1n) is 6.58. The largest absolute Gasteiger partial charge is 0.282 e. The van der Waals surface area contributed by atoms with Gasteiger partial charge in [0.1, 0.15) is 0 Å². The van der Waals surface area contributed by atoms with Crippen LogP contribution in [0.3, 0.4) is 0 Å². The first kappa shape index (κ1) is 13.3. The molecule has 0 saturated heterocycles. The van der Waals surface area contributed by atoms with Crippen molar-refractivity contribution >= 4 is 11.8 Å². The van der Waals surface area contributed by atoms with E-state index < -0.39 is 0 Å². The standard InChI is InChI=1S/C18H19N/c1-15(13-14-17-9-5-3-6-10-17)19-16(2)18-11-7-4-8-12-18/h3-14,16H,1-2H3/b14-13+,19-15?/t16-/m1/s1. The van der Waals surface area contributed by atoms with Gasteiger partial charge in [0, 0.05) is 5.71 Å². The van der Waals surface area contributed by atoms with E-state index in [4.69, 9.17) is 4.99 Å². The summed E-state index contributed by atoms with van der Waals surface area (Å²) in [6.45, 7) is 4.16. The lowest BCUT2D eigenvalue weighted by atomic mass is 10.1. The predicted octanol–water partition coefficient (Wildman–Crippen LogP) is 4.92. The van der Waals surface area contributed by atoms with E-state index >= 15 is 0 Å². The van der Waals surface area contributed by atoms with Crippen LogP contribution in [0, 0.1) is 0 Å². The van der Waals surface area contributed by atoms with Crippen LogP contribution in [0.4, 0.5) is 0 Å². The van der Waals surface area contributed by atoms with Crippen molar-refractivity contribution in [3.63, 3.8) is 0 Å². The monoisotopic (exact) mass is 249 g/mol. The molecule has 19 heavy (non-hydrogen) atoms. The Balaban J connectivity index is 2.05. The van der Waals surface area contributed by atoms with E-state index in [0.717, 1.165) is 5.71 Å². The molecule has 1 nitrogen and oxygen atoms in total. The summed E-state index contributed by atoms with van der Waals surface area (Å²) in [5.74, 6) is 0. The molecule has 0 saturated carbocycles. The third kappa shape index (κ3) is 4.22. The quantitative estimate of drug-likeness (QED) is 0.682. The molecule has 0 aliphatic carbocycles. The molecule has 0 spiro atoms. The van der Waals surface area contributed by atoms with Crippen LogP contribution in [0.5, 0.6) is 0 Å². The summed E-state index contributed by atoms with van der Waals surface area (Å²) in [4.78, 5) is 4.69. The number of aliphatic imine (C=N–C) groups is 1. The lowest BCUT2D eigenvalue weighted by Gasteiger charge is -2.07. The fourth-order valence-electron chi connectivity index (χ4n) is 1.94. The lowest BCUT2D eigenvalue weighted by Crippen LogP contribution is -1.93. The molecule has 0 aromatic heterocycles. The Morgan fingerprint density at radius 1 is 0.947 bits per heavy atom. The van der Waals surface area contributed by atoms with Crippen molar-refractivity contribution in [2.45, 2.75) is 19.9 Å². The van der Waals surface area contributed by atoms with Gasteiger partial charge in [0.25, 0.3) is 0 Å². The maximum atomic E-state index is 4.69. The van der Waals surface area contributed by atoms with E-state index in [-0.39, 0.29) is 6.04 Å². The van der Waals surface area contributed by atoms with Gasteiger partial charge < -0.3 is 0 Å². The van der Waals surface area contributed by atoms with Crippen LogP contribution in [-0.2, 0) is 0 Å². The smallest absolute Gasteiger partial charge is 0.0723 e. The molecule has 2 aromatic carbocycles. The third-order valence-electron chi connectivity index (χ3n) is 3.00. The van der Waals surface area contributed by atoms with Crippen molar-refractivity contribution in [1.29, 1.82) is 0 Å². The SMILES string of the molecule is CC(/C=C/c1ccccc1)=N[C@H](C)c1ccccc1. The fourth-order valence-corrected chi connectivity index (χ4v) is 1.94. The minimum absolute atomic E-state index is 0.196. The maximum absolute atomic E-state index is 4.69. The summed E-state index contributed by atoms with van der Waals surface area (Å²) in [6.07, 6.45) is 4.16. The van der Waals surface area contributed by atoms with Crippen LogP contribution < -0.4 is 0 Å². The van der Waals surface area contributed by atoms with Crippen LogP contribution in [-0.4, -0.2) is 5.71 Å². The zero-order valence-corrected chi connectivity index (χ0v) is 11.5. The van der Waals surface area contributed by atoms with E-state index in [0.29, 0.717) is 0 Å². The Morgan fingerprint density at radius 2 is 1.53 bits per heavy atom. The van der Waals surface area contributed by atoms with E-state index in [1.165, 1.54) is 11.1 Å². The van der Waals surface area contributed by atoms with Gasteiger partial charge in [0.15, 0.2) is 0 Å². The molecule has 0 radical (unpaired) electrons. The number of nitrogens with zero attached hydrogens (tertiary/aromatic N) is 1. The molecule has 0 aliphatic rings. The lowest BCUT2D eigenvalue weighted by molar-refractivity contribution is 0.820. The van der Waals surface area contributed by atoms with Gasteiger partial charge in [0.2, 0.25) is 0 Å². The number of hydrogen-bond acceptors (Lipinski definition) is 1. The Bertz CT molecular complexity index is 553. The minimum atomic E-state index is 0.196. The molecule has 0 fully saturated rings. The number of rotatable bonds is 4. The van der Waals surface area contributed by atoms with Crippen molar-refractivity contribution in [3.8, 4) is 0 Å². The van der Waals surface area contributed by atoms with Gasteiger partial charge in [-0.1, -0.05) is 66.7 Å². The molecular formula is C18H19N. The molecule has 0 aliphatic heterocycles. The molecule has 0 amide bonds. The van der Waals surface area contributed by atoms with Crippen LogP contribution >= 0.6 is 0 Å². The molecule has 2 aromatic rings. The molecule has 2 rings (SSSR count). The Morgan fingerprint density at radius 3 is 2.16 bits per heavy atom. The fraction of sp³-hybridized carbons (Fsp3) is 0.167. The highest BCUT2D eigenvalue weighted by Crippen LogP contribution is 2.16. The normalized spacial score (nSPS) is 13.7. The summed E-state index contributed by atoms with van der Waals surface area (Å²) in [5.41, 5.74) is 3.49. The van der Waals surface area contributed by atoms with Gasteiger partial charge in [0.05, 0.1) is 6.04 Å². The maximum Gasteiger partial charge on any atom is 0.0723 e. The number of benzene rings is 2. The molecular weight excluding hydrogens is 230 g/mol. The van der Waals surface area contributed by atoms with Crippen molar-refractivity contribution in [1.82, 2.24) is 0 Å². The van der Waals surface area contributed by atoms with Crippen molar-refractivity contribution in [2.24, 2.45) is 4.99 Å². The van der Waals surface area contributed by atoms with Gasteiger partial charge >= 0.3 is 0 Å². The summed E-state index contributed by atoms with van der Waals surface area (Å²) >= 11 is 0. The van der Waals surface area contributed by atoms with Gasteiger partial charge in [-0.2, -0.15) is 0 Å².